The Bertz CT molecular complexity index is 502. The minimum absolute atomic E-state index is 0. The molecule has 1 aromatic heterocycles. The number of thiazole rings is 1. The van der Waals surface area contributed by atoms with Gasteiger partial charge in [0.1, 0.15) is 0 Å². The standard InChI is InChI=1S/C11H19N3O2S2.ClH/c1-9-13-7-11(17-9)18(15,16)14-6-2-3-10(8-14)4-5-12;/h7,10H,2-6,8,12H2,1H3;1H. The van der Waals surface area contributed by atoms with Gasteiger partial charge in [0, 0.05) is 13.1 Å². The van der Waals surface area contributed by atoms with Crippen LogP contribution in [0.1, 0.15) is 24.3 Å². The SMILES string of the molecule is Cc1ncc(S(=O)(=O)N2CCCC(CCN)C2)s1.Cl. The monoisotopic (exact) mass is 325 g/mol. The molecule has 19 heavy (non-hydrogen) atoms. The van der Waals surface area contributed by atoms with Gasteiger partial charge in [-0.1, -0.05) is 0 Å². The van der Waals surface area contributed by atoms with Crippen LogP contribution >= 0.6 is 23.7 Å². The molecule has 1 unspecified atom stereocenters. The van der Waals surface area contributed by atoms with Gasteiger partial charge in [-0.05, 0) is 38.6 Å². The quantitative estimate of drug-likeness (QED) is 0.912. The van der Waals surface area contributed by atoms with E-state index in [1.165, 1.54) is 17.5 Å². The summed E-state index contributed by atoms with van der Waals surface area (Å²) in [6, 6.07) is 0. The molecule has 0 aromatic carbocycles. The summed E-state index contributed by atoms with van der Waals surface area (Å²) in [4.78, 5) is 4.03. The molecule has 0 bridgehead atoms. The summed E-state index contributed by atoms with van der Waals surface area (Å²) in [5.41, 5.74) is 5.55. The van der Waals surface area contributed by atoms with E-state index >= 15 is 0 Å². The van der Waals surface area contributed by atoms with Crippen LogP contribution in [0.3, 0.4) is 0 Å². The van der Waals surface area contributed by atoms with Crippen LogP contribution in [0.4, 0.5) is 0 Å². The summed E-state index contributed by atoms with van der Waals surface area (Å²) >= 11 is 1.24. The topological polar surface area (TPSA) is 76.3 Å². The summed E-state index contributed by atoms with van der Waals surface area (Å²) in [6.07, 6.45) is 4.35. The van der Waals surface area contributed by atoms with Crippen LogP contribution in [0.25, 0.3) is 0 Å². The Morgan fingerprint density at radius 3 is 2.89 bits per heavy atom. The predicted molar refractivity (Wildman–Crippen MR) is 79.3 cm³/mol. The number of hydrogen-bond acceptors (Lipinski definition) is 5. The second kappa shape index (κ2) is 6.99. The first kappa shape index (κ1) is 16.8. The number of rotatable bonds is 4. The third-order valence-electron chi connectivity index (χ3n) is 3.25. The molecule has 110 valence electrons. The Morgan fingerprint density at radius 1 is 1.58 bits per heavy atom. The normalized spacial score (nSPS) is 21.1. The molecule has 0 spiro atoms. The Kier molecular flexibility index (Phi) is 6.19. The minimum atomic E-state index is -3.34. The molecule has 8 heteroatoms. The summed E-state index contributed by atoms with van der Waals surface area (Å²) < 4.78 is 26.8. The summed E-state index contributed by atoms with van der Waals surface area (Å²) in [6.45, 7) is 3.65. The number of nitrogens with zero attached hydrogens (tertiary/aromatic N) is 2. The van der Waals surface area contributed by atoms with Crippen LogP contribution in [-0.4, -0.2) is 37.3 Å². The second-order valence-corrected chi connectivity index (χ2v) is 8.05. The molecule has 2 N–H and O–H groups in total. The maximum atomic E-state index is 12.4. The van der Waals surface area contributed by atoms with Gasteiger partial charge in [0.2, 0.25) is 0 Å². The highest BCUT2D eigenvalue weighted by molar-refractivity contribution is 7.91. The molecule has 0 aliphatic carbocycles. The highest BCUT2D eigenvalue weighted by atomic mass is 35.5. The van der Waals surface area contributed by atoms with Crippen molar-refractivity contribution in [1.29, 1.82) is 0 Å². The van der Waals surface area contributed by atoms with E-state index in [1.54, 1.807) is 4.31 Å². The van der Waals surface area contributed by atoms with E-state index in [9.17, 15) is 8.42 Å². The van der Waals surface area contributed by atoms with Crippen LogP contribution in [0.15, 0.2) is 10.4 Å². The number of nitrogens with two attached hydrogens (primary N) is 1. The van der Waals surface area contributed by atoms with Crippen LogP contribution in [0.5, 0.6) is 0 Å². The molecule has 1 fully saturated rings. The minimum Gasteiger partial charge on any atom is -0.330 e. The fourth-order valence-electron chi connectivity index (χ4n) is 2.30. The Labute approximate surface area is 124 Å². The lowest BCUT2D eigenvalue weighted by atomic mass is 9.96. The fourth-order valence-corrected chi connectivity index (χ4v) is 5.12. The zero-order chi connectivity index (χ0) is 13.2. The molecule has 1 aromatic rings. The van der Waals surface area contributed by atoms with Crippen molar-refractivity contribution in [3.63, 3.8) is 0 Å². The number of piperidine rings is 1. The molecule has 5 nitrogen and oxygen atoms in total. The van der Waals surface area contributed by atoms with Gasteiger partial charge in [0.05, 0.1) is 11.2 Å². The van der Waals surface area contributed by atoms with Crippen molar-refractivity contribution in [2.45, 2.75) is 30.4 Å². The smallest absolute Gasteiger partial charge is 0.254 e. The zero-order valence-electron chi connectivity index (χ0n) is 10.9. The van der Waals surface area contributed by atoms with Crippen LogP contribution in [0.2, 0.25) is 0 Å². The number of hydrogen-bond donors (Lipinski definition) is 1. The molecule has 1 saturated heterocycles. The molecule has 2 rings (SSSR count). The highest BCUT2D eigenvalue weighted by Crippen LogP contribution is 2.27. The van der Waals surface area contributed by atoms with E-state index in [0.29, 0.717) is 29.8 Å². The van der Waals surface area contributed by atoms with E-state index < -0.39 is 10.0 Å². The maximum absolute atomic E-state index is 12.4. The molecule has 1 aliphatic rings. The maximum Gasteiger partial charge on any atom is 0.254 e. The fraction of sp³-hybridized carbons (Fsp3) is 0.727. The van der Waals surface area contributed by atoms with Crippen molar-refractivity contribution in [2.24, 2.45) is 11.7 Å². The lowest BCUT2D eigenvalue weighted by molar-refractivity contribution is 0.258. The summed E-state index contributed by atoms with van der Waals surface area (Å²) in [7, 11) is -3.34. The van der Waals surface area contributed by atoms with Crippen molar-refractivity contribution in [3.05, 3.63) is 11.2 Å². The van der Waals surface area contributed by atoms with E-state index in [1.807, 2.05) is 6.92 Å². The Balaban J connectivity index is 0.00000180. The molecular weight excluding hydrogens is 306 g/mol. The molecular formula is C11H20ClN3O2S2. The zero-order valence-corrected chi connectivity index (χ0v) is 13.4. The molecule has 0 saturated carbocycles. The van der Waals surface area contributed by atoms with Crippen LogP contribution in [-0.2, 0) is 10.0 Å². The van der Waals surface area contributed by atoms with Gasteiger partial charge in [-0.25, -0.2) is 13.4 Å². The molecule has 0 radical (unpaired) electrons. The number of sulfonamides is 1. The molecule has 2 heterocycles. The summed E-state index contributed by atoms with van der Waals surface area (Å²) in [5.74, 6) is 0.396. The average molecular weight is 326 g/mol. The lowest BCUT2D eigenvalue weighted by Crippen LogP contribution is -2.40. The van der Waals surface area contributed by atoms with E-state index in [2.05, 4.69) is 4.98 Å². The van der Waals surface area contributed by atoms with Crippen LogP contribution < -0.4 is 5.73 Å². The Morgan fingerprint density at radius 2 is 2.32 bits per heavy atom. The first-order valence-corrected chi connectivity index (χ1v) is 8.42. The van der Waals surface area contributed by atoms with Gasteiger partial charge < -0.3 is 5.73 Å². The predicted octanol–water partition coefficient (Wildman–Crippen LogP) is 1.62. The number of aryl methyl sites for hydroxylation is 1. The van der Waals surface area contributed by atoms with E-state index in [0.717, 1.165) is 24.3 Å². The largest absolute Gasteiger partial charge is 0.330 e. The average Bonchev–Trinajstić information content (AvgIpc) is 2.77. The van der Waals surface area contributed by atoms with Gasteiger partial charge in [0.25, 0.3) is 10.0 Å². The van der Waals surface area contributed by atoms with Crippen molar-refractivity contribution in [1.82, 2.24) is 9.29 Å². The van der Waals surface area contributed by atoms with Gasteiger partial charge in [-0.3, -0.25) is 0 Å². The second-order valence-electron chi connectivity index (χ2n) is 4.65. The first-order chi connectivity index (χ1) is 8.54. The third-order valence-corrected chi connectivity index (χ3v) is 6.47. The van der Waals surface area contributed by atoms with Gasteiger partial charge in [0.15, 0.2) is 4.21 Å². The van der Waals surface area contributed by atoms with Crippen molar-refractivity contribution in [3.8, 4) is 0 Å². The Hall–Kier alpha value is -0.210. The van der Waals surface area contributed by atoms with E-state index in [4.69, 9.17) is 5.73 Å². The van der Waals surface area contributed by atoms with Crippen LogP contribution in [0, 0.1) is 12.8 Å². The molecule has 0 amide bonds. The molecule has 1 aliphatic heterocycles. The van der Waals surface area contributed by atoms with Gasteiger partial charge in [-0.2, -0.15) is 4.31 Å². The van der Waals surface area contributed by atoms with Crippen molar-refractivity contribution in [2.75, 3.05) is 19.6 Å². The lowest BCUT2D eigenvalue weighted by Gasteiger charge is -2.31. The third kappa shape index (κ3) is 3.88. The highest BCUT2D eigenvalue weighted by Gasteiger charge is 2.31. The van der Waals surface area contributed by atoms with E-state index in [-0.39, 0.29) is 12.4 Å². The number of aromatic nitrogens is 1. The summed E-state index contributed by atoms with van der Waals surface area (Å²) in [5, 5.41) is 0.782. The first-order valence-electron chi connectivity index (χ1n) is 6.16. The van der Waals surface area contributed by atoms with Crippen molar-refractivity contribution < 1.29 is 8.42 Å². The molecule has 1 atom stereocenters. The number of halogens is 1. The van der Waals surface area contributed by atoms with Gasteiger partial charge in [-0.15, -0.1) is 23.7 Å². The van der Waals surface area contributed by atoms with Gasteiger partial charge >= 0.3 is 0 Å². The van der Waals surface area contributed by atoms with Crippen molar-refractivity contribution >= 4 is 33.8 Å².